The number of benzene rings is 3. The fraction of sp³-hybridized carbons (Fsp3) is 0.458. The lowest BCUT2D eigenvalue weighted by Crippen LogP contribution is -2.54. The van der Waals surface area contributed by atoms with E-state index in [1.807, 2.05) is 24.3 Å². The molecule has 326 valence electrons. The predicted octanol–water partition coefficient (Wildman–Crippen LogP) is 8.03. The van der Waals surface area contributed by atoms with Crippen LogP contribution in [0.5, 0.6) is 17.2 Å². The third kappa shape index (κ3) is 7.64. The highest BCUT2D eigenvalue weighted by atomic mass is 32.2. The number of hydrogen-bond donors (Lipinski definition) is 4. The smallest absolute Gasteiger partial charge is 0.268 e. The molecule has 13 nitrogen and oxygen atoms in total. The Morgan fingerprint density at radius 3 is 2.56 bits per heavy atom. The molecule has 4 aliphatic heterocycles. The third-order valence-corrected chi connectivity index (χ3v) is 15.9. The molecule has 14 heteroatoms. The van der Waals surface area contributed by atoms with Gasteiger partial charge in [-0.3, -0.25) is 9.69 Å². The van der Waals surface area contributed by atoms with Gasteiger partial charge in [-0.25, -0.2) is 18.1 Å². The van der Waals surface area contributed by atoms with E-state index < -0.39 is 15.9 Å². The number of sulfonamides is 1. The molecule has 0 radical (unpaired) electrons. The summed E-state index contributed by atoms with van der Waals surface area (Å²) in [6.07, 6.45) is 12.3. The summed E-state index contributed by atoms with van der Waals surface area (Å²) in [6.45, 7) is 9.78. The standard InChI is InChI=1S/C48H58N8O5S/c1-31(2)37-7-4-5-8-38(37)41-9-6-18-56(41)34-27-47(28-34)13-21-55(22-14-47)33-10-11-39(42(24-33)61-35-23-32-12-17-50-45(32)51-29-35)46(57)53-62(58,59)36-25-40(49)44-43(26-36)60-30-48(52-44)15-19-54(3)20-16-48/h4-5,7-8,10-12,17,23-26,29,31,34,41,52H,6,9,13-16,18-22,27-28,30,49H2,1-3H3,(H,50,51)(H,53,57)/t41-/m0/s1. The van der Waals surface area contributed by atoms with Gasteiger partial charge >= 0.3 is 0 Å². The van der Waals surface area contributed by atoms with E-state index >= 15 is 0 Å². The number of ether oxygens (including phenoxy) is 2. The lowest BCUT2D eigenvalue weighted by Gasteiger charge is -2.56. The first-order valence-corrected chi connectivity index (χ1v) is 23.8. The highest BCUT2D eigenvalue weighted by molar-refractivity contribution is 7.90. The van der Waals surface area contributed by atoms with Crippen LogP contribution in [-0.4, -0.2) is 92.1 Å². The van der Waals surface area contributed by atoms with Crippen molar-refractivity contribution < 1.29 is 22.7 Å². The van der Waals surface area contributed by atoms with Crippen molar-refractivity contribution in [1.29, 1.82) is 0 Å². The summed E-state index contributed by atoms with van der Waals surface area (Å²) >= 11 is 0. The Bertz CT molecular complexity index is 2600. The van der Waals surface area contributed by atoms with E-state index in [1.165, 1.54) is 55.5 Å². The van der Waals surface area contributed by atoms with Gasteiger partial charge in [0.1, 0.15) is 35.2 Å². The van der Waals surface area contributed by atoms with Crippen molar-refractivity contribution in [3.05, 3.63) is 95.8 Å². The van der Waals surface area contributed by atoms with E-state index in [9.17, 15) is 13.2 Å². The average molecular weight is 859 g/mol. The van der Waals surface area contributed by atoms with Gasteiger partial charge in [-0.15, -0.1) is 0 Å². The molecule has 0 bridgehead atoms. The van der Waals surface area contributed by atoms with Crippen molar-refractivity contribution in [2.45, 2.75) is 93.7 Å². The first-order valence-electron chi connectivity index (χ1n) is 22.3. The second-order valence-corrected chi connectivity index (χ2v) is 20.6. The molecule has 4 fully saturated rings. The predicted molar refractivity (Wildman–Crippen MR) is 243 cm³/mol. The van der Waals surface area contributed by atoms with Gasteiger partial charge in [0, 0.05) is 67.7 Å². The molecule has 0 unspecified atom stereocenters. The number of amides is 1. The second-order valence-electron chi connectivity index (χ2n) is 18.9. The van der Waals surface area contributed by atoms with Gasteiger partial charge in [0.25, 0.3) is 15.9 Å². The third-order valence-electron chi connectivity index (χ3n) is 14.6. The van der Waals surface area contributed by atoms with Gasteiger partial charge in [0.2, 0.25) is 0 Å². The maximum absolute atomic E-state index is 14.1. The Morgan fingerprint density at radius 1 is 0.984 bits per heavy atom. The Labute approximate surface area is 364 Å². The van der Waals surface area contributed by atoms with Crippen LogP contribution in [-0.2, 0) is 10.0 Å². The summed E-state index contributed by atoms with van der Waals surface area (Å²) in [5, 5.41) is 4.41. The summed E-state index contributed by atoms with van der Waals surface area (Å²) in [7, 11) is -2.28. The molecule has 62 heavy (non-hydrogen) atoms. The molecule has 6 heterocycles. The van der Waals surface area contributed by atoms with Crippen molar-refractivity contribution in [2.75, 3.05) is 62.3 Å². The maximum atomic E-state index is 14.1. The van der Waals surface area contributed by atoms with Gasteiger partial charge in [0.05, 0.1) is 27.9 Å². The van der Waals surface area contributed by atoms with Crippen molar-refractivity contribution >= 4 is 44.0 Å². The molecule has 3 saturated heterocycles. The zero-order valence-corrected chi connectivity index (χ0v) is 36.8. The number of rotatable bonds is 9. The van der Waals surface area contributed by atoms with E-state index in [-0.39, 0.29) is 27.4 Å². The number of aromatic nitrogens is 2. The van der Waals surface area contributed by atoms with Crippen LogP contribution in [0.25, 0.3) is 11.0 Å². The van der Waals surface area contributed by atoms with Crippen molar-refractivity contribution in [1.82, 2.24) is 24.5 Å². The van der Waals surface area contributed by atoms with Gasteiger partial charge in [-0.1, -0.05) is 38.1 Å². The minimum atomic E-state index is -4.37. The summed E-state index contributed by atoms with van der Waals surface area (Å²) in [6, 6.07) is 22.1. The normalized spacial score (nSPS) is 21.4. The summed E-state index contributed by atoms with van der Waals surface area (Å²) < 4.78 is 42.6. The molecule has 5 N–H and O–H groups in total. The van der Waals surface area contributed by atoms with E-state index in [1.54, 1.807) is 18.5 Å². The van der Waals surface area contributed by atoms with E-state index in [0.29, 0.717) is 52.9 Å². The second kappa shape index (κ2) is 15.8. The molecule has 2 spiro atoms. The molecule has 10 rings (SSSR count). The SMILES string of the molecule is CC(C)c1ccccc1[C@@H]1CCCN1C1CC2(CCN(c3ccc(C(=O)NS(=O)(=O)c4cc(N)c5c(c4)OCC4(CCN(C)CC4)N5)c(Oc4cnc5[nH]ccc5c4)c3)CC2)C1. The fourth-order valence-corrected chi connectivity index (χ4v) is 11.9. The Kier molecular flexibility index (Phi) is 10.4. The molecule has 3 aromatic carbocycles. The molecular weight excluding hydrogens is 801 g/mol. The van der Waals surface area contributed by atoms with Crippen LogP contribution in [0.2, 0.25) is 0 Å². The number of nitrogens with one attached hydrogen (secondary N) is 3. The molecule has 1 amide bonds. The van der Waals surface area contributed by atoms with Gasteiger partial charge in [0.15, 0.2) is 0 Å². The Hall–Kier alpha value is -5.31. The van der Waals surface area contributed by atoms with Crippen molar-refractivity contribution in [2.24, 2.45) is 5.41 Å². The highest BCUT2D eigenvalue weighted by Gasteiger charge is 2.50. The number of piperidine rings is 2. The van der Waals surface area contributed by atoms with Crippen LogP contribution < -0.4 is 30.1 Å². The first-order chi connectivity index (χ1) is 29.9. The molecule has 5 aliphatic rings. The zero-order chi connectivity index (χ0) is 42.8. The lowest BCUT2D eigenvalue weighted by atomic mass is 9.59. The molecule has 1 atom stereocenters. The number of nitrogen functional groups attached to an aromatic ring is 1. The Morgan fingerprint density at radius 2 is 1.77 bits per heavy atom. The summed E-state index contributed by atoms with van der Waals surface area (Å²) in [5.41, 5.74) is 12.1. The highest BCUT2D eigenvalue weighted by Crippen LogP contribution is 2.54. The molecular formula is C48H58N8O5S. The summed E-state index contributed by atoms with van der Waals surface area (Å²) in [5.74, 6) is 0.695. The largest absolute Gasteiger partial charge is 0.489 e. The fourth-order valence-electron chi connectivity index (χ4n) is 10.9. The number of H-pyrrole nitrogens is 1. The van der Waals surface area contributed by atoms with Crippen LogP contribution in [0.1, 0.15) is 98.7 Å². The van der Waals surface area contributed by atoms with Crippen LogP contribution in [0.3, 0.4) is 0 Å². The molecule has 1 aliphatic carbocycles. The van der Waals surface area contributed by atoms with Crippen LogP contribution in [0.4, 0.5) is 17.1 Å². The average Bonchev–Trinajstić information content (AvgIpc) is 3.94. The number of carbonyl (C=O) groups is 1. The lowest BCUT2D eigenvalue weighted by molar-refractivity contribution is -0.0227. The topological polar surface area (TPSA) is 158 Å². The number of aromatic amines is 1. The van der Waals surface area contributed by atoms with E-state index in [4.69, 9.17) is 15.2 Å². The number of nitrogens with two attached hydrogens (primary N) is 1. The zero-order valence-electron chi connectivity index (χ0n) is 36.0. The number of hydrogen-bond acceptors (Lipinski definition) is 11. The monoisotopic (exact) mass is 858 g/mol. The minimum absolute atomic E-state index is 0.0778. The van der Waals surface area contributed by atoms with E-state index in [2.05, 4.69) is 79.9 Å². The van der Waals surface area contributed by atoms with E-state index in [0.717, 1.165) is 62.9 Å². The number of fused-ring (bicyclic) bond motifs is 2. The van der Waals surface area contributed by atoms with Crippen molar-refractivity contribution in [3.8, 4) is 17.2 Å². The molecule has 2 aromatic heterocycles. The Balaban J connectivity index is 0.850. The van der Waals surface area contributed by atoms with Gasteiger partial charge in [-0.05, 0) is 118 Å². The van der Waals surface area contributed by atoms with Crippen molar-refractivity contribution in [3.63, 3.8) is 0 Å². The minimum Gasteiger partial charge on any atom is -0.489 e. The van der Waals surface area contributed by atoms with Crippen LogP contribution in [0.15, 0.2) is 84.0 Å². The first kappa shape index (κ1) is 40.7. The number of carbonyl (C=O) groups excluding carboxylic acids is 1. The van der Waals surface area contributed by atoms with Crippen LogP contribution in [0, 0.1) is 5.41 Å². The number of pyridine rings is 1. The quantitative estimate of drug-likeness (QED) is 0.106. The molecule has 5 aromatic rings. The van der Waals surface area contributed by atoms with Crippen LogP contribution >= 0.6 is 0 Å². The number of likely N-dealkylation sites (tertiary alicyclic amines) is 2. The summed E-state index contributed by atoms with van der Waals surface area (Å²) in [4.78, 5) is 28.9. The molecule has 1 saturated carbocycles. The van der Waals surface area contributed by atoms with Gasteiger partial charge in [-0.2, -0.15) is 0 Å². The maximum Gasteiger partial charge on any atom is 0.268 e. The number of anilines is 3. The number of nitrogens with zero attached hydrogens (tertiary/aromatic N) is 4. The van der Waals surface area contributed by atoms with Gasteiger partial charge < -0.3 is 35.3 Å².